The van der Waals surface area contributed by atoms with Gasteiger partial charge in [-0.25, -0.2) is 0 Å². The van der Waals surface area contributed by atoms with E-state index in [2.05, 4.69) is 140 Å². The number of benzene rings is 3. The number of aryl methyl sites for hydroxylation is 2. The molecule has 0 radical (unpaired) electrons. The number of halogens is 2. The maximum absolute atomic E-state index is 15.3. The van der Waals surface area contributed by atoms with E-state index in [0.29, 0.717) is 76.3 Å². The van der Waals surface area contributed by atoms with Crippen LogP contribution in [-0.2, 0) is 56.1 Å². The van der Waals surface area contributed by atoms with Gasteiger partial charge < -0.3 is 92.5 Å². The number of guanidine groups is 3. The summed E-state index contributed by atoms with van der Waals surface area (Å²) in [6.07, 6.45) is 24.3. The number of hydrogen-bond acceptors (Lipinski definition) is 15. The van der Waals surface area contributed by atoms with Gasteiger partial charge in [-0.1, -0.05) is 144 Å². The van der Waals surface area contributed by atoms with Crippen molar-refractivity contribution < 1.29 is 47.7 Å². The molecule has 2 heterocycles. The number of unbranched alkanes of at least 4 members (excludes halogenated alkanes) is 3. The van der Waals surface area contributed by atoms with Gasteiger partial charge in [0.1, 0.15) is 48.8 Å². The number of thioether (sulfide) groups is 1. The minimum atomic E-state index is -1.33. The Morgan fingerprint density at radius 3 is 1.41 bits per heavy atom. The van der Waals surface area contributed by atoms with Crippen molar-refractivity contribution in [3.8, 4) is 0 Å². The molecule has 33 heteroatoms. The van der Waals surface area contributed by atoms with E-state index in [-0.39, 0.29) is 131 Å². The van der Waals surface area contributed by atoms with Crippen LogP contribution >= 0.6 is 35.0 Å². The number of nitrogens with zero attached hydrogens (tertiary/aromatic N) is 6. The Morgan fingerprint density at radius 2 is 0.926 bits per heavy atom. The van der Waals surface area contributed by atoms with E-state index in [1.54, 1.807) is 11.8 Å². The van der Waals surface area contributed by atoms with Crippen LogP contribution in [0.15, 0.2) is 110 Å². The number of primary amides is 1. The average molecular weight is 1750 g/mol. The summed E-state index contributed by atoms with van der Waals surface area (Å²) in [6, 6.07) is 18.6. The zero-order valence-electron chi connectivity index (χ0n) is 71.4. The highest BCUT2D eigenvalue weighted by atomic mass is 35.5. The normalized spacial score (nSPS) is 16.4. The second-order valence-electron chi connectivity index (χ2n) is 33.1. The van der Waals surface area contributed by atoms with E-state index in [0.717, 1.165) is 148 Å². The van der Waals surface area contributed by atoms with E-state index in [4.69, 9.17) is 63.3 Å². The zero-order valence-corrected chi connectivity index (χ0v) is 73.7. The third-order valence-electron chi connectivity index (χ3n) is 23.6. The van der Waals surface area contributed by atoms with Crippen LogP contribution in [0.25, 0.3) is 17.0 Å². The van der Waals surface area contributed by atoms with Gasteiger partial charge in [-0.05, 0) is 168 Å². The van der Waals surface area contributed by atoms with Crippen LogP contribution in [0.2, 0.25) is 0 Å². The molecule has 0 saturated heterocycles. The molecule has 122 heavy (non-hydrogen) atoms. The third kappa shape index (κ3) is 34.2. The number of carbonyl (C=O) groups is 9. The Labute approximate surface area is 734 Å². The van der Waals surface area contributed by atoms with Gasteiger partial charge in [0.2, 0.25) is 58.7 Å². The standard InChI is InChI=1S/C89H135Cl2N21O9S/c1-110-75-37-15-16-38-76(75)122-79(110)59-64-45-53-112(74-36-14-13-31-66(64)74)52-19-5-12-39-78(114)103-71(56-61-24-6-2-7-25-61)84(119)105-69(34-22-50-101-88(95)96)82(117)108-73(58-63-28-10-4-11-29-63)86(121)107-70(35-23-51-102-89(97)98)83(118)109-72(57-62-26-8-3-9-27-62)85(120)106-68(33-21-49-100-87(93)94)81(116)104-67(80(92)115)32-17-18-48-99-77(113)40-20-30-60-41-43-65(44-42-60)111(54-46-90)55-47-91/h13-16,31,36-38,41-45,53,59,61-63,67-73H,2-12,17-30,32-35,39-40,46-52,54-58H2,1H3,(H21-,92,93,94,95,96,97,98,99,100,101,102,103,104,105,106,107,108,109,113,114,115,116,117,118,119,120,121)/p+1/t67?,68-,69-,70-,71-,72-,73-/m0/s1. The van der Waals surface area contributed by atoms with Crippen LogP contribution in [0.3, 0.4) is 0 Å². The van der Waals surface area contributed by atoms with E-state index >= 15 is 19.2 Å². The molecule has 1 aromatic heterocycles. The number of alkyl halides is 2. The first kappa shape index (κ1) is 97.8. The number of rotatable bonds is 53. The van der Waals surface area contributed by atoms with Crippen molar-refractivity contribution in [2.45, 2.75) is 272 Å². The van der Waals surface area contributed by atoms with Crippen LogP contribution in [0, 0.1) is 17.8 Å². The third-order valence-corrected chi connectivity index (χ3v) is 25.1. The lowest BCUT2D eigenvalue weighted by molar-refractivity contribution is -0.671. The number of aliphatic imine (C=N–C) groups is 3. The summed E-state index contributed by atoms with van der Waals surface area (Å²) in [5.41, 5.74) is 45.8. The number of nitrogens with two attached hydrogens (primary N) is 7. The quantitative estimate of drug-likeness (QED) is 0.00659. The van der Waals surface area contributed by atoms with Crippen molar-refractivity contribution in [2.24, 2.45) is 72.9 Å². The summed E-state index contributed by atoms with van der Waals surface area (Å²) in [5, 5.41) is 25.9. The summed E-state index contributed by atoms with van der Waals surface area (Å²) in [4.78, 5) is 148. The molecule has 3 saturated carbocycles. The molecule has 22 N–H and O–H groups in total. The lowest BCUT2D eigenvalue weighted by atomic mass is 9.84. The van der Waals surface area contributed by atoms with Crippen molar-refractivity contribution in [2.75, 3.05) is 67.9 Å². The molecule has 4 aromatic rings. The molecule has 7 atom stereocenters. The lowest BCUT2D eigenvalue weighted by Gasteiger charge is -2.31. The first-order valence-corrected chi connectivity index (χ1v) is 46.3. The average Bonchev–Trinajstić information content (AvgIpc) is 1.54. The molecule has 0 bridgehead atoms. The predicted molar refractivity (Wildman–Crippen MR) is 487 cm³/mol. The fraction of sp³-hybridized carbons (Fsp3) is 0.607. The number of nitrogens with one attached hydrogen (secondary N) is 8. The maximum atomic E-state index is 15.3. The SMILES string of the molecule is CN1/C(=C\c2cc[n+](CCCCCC(=O)N[C@@H](CC3CCCCC3)C(=O)N[C@@H](CCCN=C(N)N)C(=O)N[C@@H](CC3CCCCC3)C(=O)N[C@@H](CCCN=C(N)N)C(=O)N[C@@H](CC3CCCCC3)C(=O)N[C@@H](CCCN=C(N)N)C(=O)NC(CCCCNC(=O)CCCc3ccc(N(CCCl)CCCl)cc3)C(N)=O)c3ccccc23)Sc2ccccc21. The minimum absolute atomic E-state index is 0.000531. The van der Waals surface area contributed by atoms with E-state index in [1.165, 1.54) is 10.6 Å². The number of hydrogen-bond donors (Lipinski definition) is 15. The Bertz CT molecular complexity index is 4120. The van der Waals surface area contributed by atoms with E-state index < -0.39 is 83.6 Å². The van der Waals surface area contributed by atoms with Gasteiger partial charge in [-0.2, -0.15) is 4.57 Å². The Kier molecular flexibility index (Phi) is 42.8. The number of pyridine rings is 1. The smallest absolute Gasteiger partial charge is 0.243 e. The van der Waals surface area contributed by atoms with E-state index in [1.807, 2.05) is 30.3 Å². The molecule has 1 unspecified atom stereocenters. The summed E-state index contributed by atoms with van der Waals surface area (Å²) in [6.45, 7) is 2.70. The molecule has 3 aromatic carbocycles. The molecule has 9 amide bonds. The fourth-order valence-electron chi connectivity index (χ4n) is 16.9. The Morgan fingerprint density at radius 1 is 0.484 bits per heavy atom. The molecule has 0 spiro atoms. The Balaban J connectivity index is 0.931. The Hall–Kier alpha value is -9.62. The van der Waals surface area contributed by atoms with Gasteiger partial charge >= 0.3 is 0 Å². The van der Waals surface area contributed by atoms with Gasteiger partial charge in [0.15, 0.2) is 24.1 Å². The predicted octanol–water partition coefficient (Wildman–Crippen LogP) is 7.77. The molecule has 1 aliphatic heterocycles. The van der Waals surface area contributed by atoms with E-state index in [9.17, 15) is 24.0 Å². The van der Waals surface area contributed by atoms with Crippen LogP contribution in [0.4, 0.5) is 11.4 Å². The highest BCUT2D eigenvalue weighted by Gasteiger charge is 2.37. The van der Waals surface area contributed by atoms with Gasteiger partial charge in [0.05, 0.1) is 16.1 Å². The summed E-state index contributed by atoms with van der Waals surface area (Å²) in [5.74, 6) is -4.66. The highest BCUT2D eigenvalue weighted by Crippen LogP contribution is 2.46. The van der Waals surface area contributed by atoms with Gasteiger partial charge in [-0.3, -0.25) is 58.1 Å². The second-order valence-corrected chi connectivity index (χ2v) is 34.9. The van der Waals surface area contributed by atoms with Crippen LogP contribution < -0.4 is 97.0 Å². The molecule has 670 valence electrons. The summed E-state index contributed by atoms with van der Waals surface area (Å²) < 4.78 is 2.26. The fourth-order valence-corrected chi connectivity index (χ4v) is 18.4. The van der Waals surface area contributed by atoms with Gasteiger partial charge in [0.25, 0.3) is 0 Å². The van der Waals surface area contributed by atoms with Crippen molar-refractivity contribution in [3.63, 3.8) is 0 Å². The number of fused-ring (bicyclic) bond motifs is 2. The highest BCUT2D eigenvalue weighted by molar-refractivity contribution is 8.03. The largest absolute Gasteiger partial charge is 0.370 e. The summed E-state index contributed by atoms with van der Waals surface area (Å²) >= 11 is 13.8. The molecule has 8 rings (SSSR count). The summed E-state index contributed by atoms with van der Waals surface area (Å²) in [7, 11) is 2.09. The lowest BCUT2D eigenvalue weighted by Crippen LogP contribution is -2.60. The first-order valence-electron chi connectivity index (χ1n) is 44.4. The zero-order chi connectivity index (χ0) is 87.6. The van der Waals surface area contributed by atoms with Gasteiger partial charge in [-0.15, -0.1) is 23.2 Å². The maximum Gasteiger partial charge on any atom is 0.243 e. The molecule has 30 nitrogen and oxygen atoms in total. The molecule has 4 aliphatic rings. The molecule has 3 fully saturated rings. The number of para-hydroxylation sites is 2. The number of carbonyl (C=O) groups excluding carboxylic acids is 9. The number of amides is 9. The number of aromatic nitrogens is 1. The first-order chi connectivity index (χ1) is 58.9. The van der Waals surface area contributed by atoms with Gasteiger partial charge in [0, 0.05) is 100 Å². The minimum Gasteiger partial charge on any atom is -0.370 e. The monoisotopic (exact) mass is 1740 g/mol. The van der Waals surface area contributed by atoms with Crippen LogP contribution in [-0.4, -0.2) is 171 Å². The second kappa shape index (κ2) is 53.4. The number of anilines is 2. The molecule has 3 aliphatic carbocycles. The van der Waals surface area contributed by atoms with Crippen molar-refractivity contribution >= 4 is 134 Å². The van der Waals surface area contributed by atoms with Crippen LogP contribution in [0.1, 0.15) is 223 Å². The van der Waals surface area contributed by atoms with Crippen molar-refractivity contribution in [3.05, 3.63) is 101 Å². The topological polar surface area (TPSA) is 479 Å². The molecular weight excluding hydrogens is 1610 g/mol. The van der Waals surface area contributed by atoms with Crippen molar-refractivity contribution in [1.29, 1.82) is 0 Å². The van der Waals surface area contributed by atoms with Crippen molar-refractivity contribution in [1.82, 2.24) is 42.5 Å². The van der Waals surface area contributed by atoms with Crippen LogP contribution in [0.5, 0.6) is 0 Å². The molecular formula is C89H136Cl2N21O9S+.